The van der Waals surface area contributed by atoms with Gasteiger partial charge in [0.05, 0.1) is 18.2 Å². The number of nitrogens with one attached hydrogen (secondary N) is 2. The molecule has 3 aromatic rings. The van der Waals surface area contributed by atoms with Crippen LogP contribution in [0, 0.1) is 0 Å². The highest BCUT2D eigenvalue weighted by atomic mass is 19.4. The van der Waals surface area contributed by atoms with Gasteiger partial charge < -0.3 is 26.0 Å². The number of nitrogen functional groups attached to an aromatic ring is 1. The minimum Gasteiger partial charge on any atom is -0.497 e. The second kappa shape index (κ2) is 8.64. The van der Waals surface area contributed by atoms with Crippen LogP contribution in [0.3, 0.4) is 0 Å². The predicted octanol–water partition coefficient (Wildman–Crippen LogP) is 3.70. The summed E-state index contributed by atoms with van der Waals surface area (Å²) in [6, 6.07) is 8.54. The molecule has 0 radical (unpaired) electrons. The summed E-state index contributed by atoms with van der Waals surface area (Å²) in [5.74, 6) is 1.20. The maximum Gasteiger partial charge on any atom is 0.416 e. The summed E-state index contributed by atoms with van der Waals surface area (Å²) in [6.45, 7) is 2.67. The van der Waals surface area contributed by atoms with Gasteiger partial charge in [0.25, 0.3) is 0 Å². The molecule has 1 fully saturated rings. The summed E-state index contributed by atoms with van der Waals surface area (Å²) in [4.78, 5) is 22.5. The Hall–Kier alpha value is -3.76. The molecule has 174 valence electrons. The molecule has 4 rings (SSSR count). The lowest BCUT2D eigenvalue weighted by Gasteiger charge is -2.21. The van der Waals surface area contributed by atoms with Gasteiger partial charge in [-0.2, -0.15) is 18.2 Å². The van der Waals surface area contributed by atoms with Crippen molar-refractivity contribution in [1.29, 1.82) is 0 Å². The molecular formula is C22H23F3N6O2. The van der Waals surface area contributed by atoms with Crippen molar-refractivity contribution in [3.05, 3.63) is 42.0 Å². The number of amides is 1. The third-order valence-electron chi connectivity index (χ3n) is 5.32. The largest absolute Gasteiger partial charge is 0.497 e. The van der Waals surface area contributed by atoms with Crippen molar-refractivity contribution in [2.75, 3.05) is 36.1 Å². The van der Waals surface area contributed by atoms with Crippen molar-refractivity contribution in [3.63, 3.8) is 0 Å². The number of nitrogens with two attached hydrogens (primary N) is 1. The predicted molar refractivity (Wildman–Crippen MR) is 120 cm³/mol. The average molecular weight is 460 g/mol. The highest BCUT2D eigenvalue weighted by molar-refractivity contribution is 5.92. The Balaban J connectivity index is 1.74. The first-order valence-corrected chi connectivity index (χ1v) is 10.2. The van der Waals surface area contributed by atoms with Crippen molar-refractivity contribution < 1.29 is 22.7 Å². The quantitative estimate of drug-likeness (QED) is 0.499. The van der Waals surface area contributed by atoms with Gasteiger partial charge in [0, 0.05) is 48.9 Å². The molecule has 0 aliphatic carbocycles. The smallest absolute Gasteiger partial charge is 0.416 e. The highest BCUT2D eigenvalue weighted by Crippen LogP contribution is 2.35. The van der Waals surface area contributed by atoms with Crippen LogP contribution in [0.15, 0.2) is 36.4 Å². The molecule has 8 nitrogen and oxygen atoms in total. The minimum atomic E-state index is -4.54. The van der Waals surface area contributed by atoms with Gasteiger partial charge in [-0.25, -0.2) is 4.98 Å². The van der Waals surface area contributed by atoms with Gasteiger partial charge in [0.15, 0.2) is 0 Å². The van der Waals surface area contributed by atoms with E-state index < -0.39 is 11.7 Å². The Morgan fingerprint density at radius 3 is 2.70 bits per heavy atom. The number of anilines is 4. The molecule has 0 spiro atoms. The van der Waals surface area contributed by atoms with Crippen LogP contribution in [0.2, 0.25) is 0 Å². The van der Waals surface area contributed by atoms with E-state index in [4.69, 9.17) is 10.5 Å². The van der Waals surface area contributed by atoms with Crippen LogP contribution >= 0.6 is 0 Å². The fourth-order valence-electron chi connectivity index (χ4n) is 3.89. The van der Waals surface area contributed by atoms with Gasteiger partial charge in [0.1, 0.15) is 11.6 Å². The Morgan fingerprint density at radius 2 is 2.00 bits per heavy atom. The number of ether oxygens (including phenoxy) is 1. The Morgan fingerprint density at radius 1 is 1.21 bits per heavy atom. The second-order valence-corrected chi connectivity index (χ2v) is 7.85. The second-order valence-electron chi connectivity index (χ2n) is 7.85. The number of halogens is 3. The number of aromatic nitrogens is 2. The molecule has 1 atom stereocenters. The molecule has 1 aromatic heterocycles. The van der Waals surface area contributed by atoms with Crippen molar-refractivity contribution in [2.24, 2.45) is 0 Å². The molecule has 1 saturated heterocycles. The molecule has 1 amide bonds. The summed E-state index contributed by atoms with van der Waals surface area (Å²) in [7, 11) is 1.53. The van der Waals surface area contributed by atoms with E-state index in [0.717, 1.165) is 23.9 Å². The molecule has 11 heteroatoms. The van der Waals surface area contributed by atoms with Gasteiger partial charge in [-0.1, -0.05) is 0 Å². The van der Waals surface area contributed by atoms with E-state index in [1.165, 1.54) is 20.1 Å². The fraction of sp³-hybridized carbons (Fsp3) is 0.318. The number of alkyl halides is 3. The number of carbonyl (C=O) groups is 1. The number of hydrogen-bond acceptors (Lipinski definition) is 7. The van der Waals surface area contributed by atoms with Crippen LogP contribution in [-0.4, -0.2) is 42.1 Å². The van der Waals surface area contributed by atoms with Crippen LogP contribution in [0.25, 0.3) is 10.9 Å². The molecule has 2 aromatic carbocycles. The first-order valence-electron chi connectivity index (χ1n) is 10.2. The number of rotatable bonds is 5. The molecule has 4 N–H and O–H groups in total. The van der Waals surface area contributed by atoms with Crippen molar-refractivity contribution in [2.45, 2.75) is 25.6 Å². The molecule has 0 saturated carbocycles. The topological polar surface area (TPSA) is 105 Å². The van der Waals surface area contributed by atoms with E-state index in [0.29, 0.717) is 30.2 Å². The van der Waals surface area contributed by atoms with E-state index in [1.54, 1.807) is 12.1 Å². The van der Waals surface area contributed by atoms with E-state index in [1.807, 2.05) is 11.0 Å². The number of methoxy groups -OCH3 is 1. The Kier molecular flexibility index (Phi) is 5.88. The van der Waals surface area contributed by atoms with E-state index >= 15 is 0 Å². The summed E-state index contributed by atoms with van der Waals surface area (Å²) >= 11 is 0. The fourth-order valence-corrected chi connectivity index (χ4v) is 3.89. The van der Waals surface area contributed by atoms with Gasteiger partial charge >= 0.3 is 6.18 Å². The van der Waals surface area contributed by atoms with Crippen molar-refractivity contribution in [1.82, 2.24) is 15.3 Å². The molecule has 1 aliphatic heterocycles. The number of hydrogen-bond donors (Lipinski definition) is 3. The summed E-state index contributed by atoms with van der Waals surface area (Å²) < 4.78 is 44.9. The molecule has 33 heavy (non-hydrogen) atoms. The normalized spacial score (nSPS) is 16.2. The molecule has 1 aliphatic rings. The maximum absolute atomic E-state index is 13.2. The average Bonchev–Trinajstić information content (AvgIpc) is 3.19. The lowest BCUT2D eigenvalue weighted by molar-refractivity contribution is -0.137. The molecule has 1 unspecified atom stereocenters. The monoisotopic (exact) mass is 460 g/mol. The van der Waals surface area contributed by atoms with Crippen LogP contribution in [0.5, 0.6) is 5.75 Å². The zero-order valence-corrected chi connectivity index (χ0v) is 18.0. The number of fused-ring (bicyclic) bond motifs is 1. The van der Waals surface area contributed by atoms with E-state index in [-0.39, 0.29) is 29.3 Å². The van der Waals surface area contributed by atoms with Gasteiger partial charge in [-0.3, -0.25) is 4.79 Å². The zero-order chi connectivity index (χ0) is 23.8. The SMILES string of the molecule is COc1ccc2c(N3CCC(NC(C)=O)C3)nc(Nc3cc(N)cc(C(F)(F)F)c3)nc2c1. The zero-order valence-electron chi connectivity index (χ0n) is 18.0. The van der Waals surface area contributed by atoms with Crippen LogP contribution < -0.4 is 26.0 Å². The number of carbonyl (C=O) groups excluding carboxylic acids is 1. The van der Waals surface area contributed by atoms with Crippen molar-refractivity contribution >= 4 is 40.0 Å². The van der Waals surface area contributed by atoms with E-state index in [2.05, 4.69) is 20.6 Å². The number of nitrogens with zero attached hydrogens (tertiary/aromatic N) is 3. The van der Waals surface area contributed by atoms with Crippen LogP contribution in [0.1, 0.15) is 18.9 Å². The number of benzene rings is 2. The Labute approximate surface area is 187 Å². The molecule has 0 bridgehead atoms. The van der Waals surface area contributed by atoms with Gasteiger partial charge in [-0.15, -0.1) is 0 Å². The lowest BCUT2D eigenvalue weighted by Crippen LogP contribution is -2.35. The van der Waals surface area contributed by atoms with Gasteiger partial charge in [0.2, 0.25) is 11.9 Å². The van der Waals surface area contributed by atoms with Crippen LogP contribution in [-0.2, 0) is 11.0 Å². The van der Waals surface area contributed by atoms with Crippen LogP contribution in [0.4, 0.5) is 36.3 Å². The summed E-state index contributed by atoms with van der Waals surface area (Å²) in [6.07, 6.45) is -3.79. The first kappa shape index (κ1) is 22.4. The molecular weight excluding hydrogens is 437 g/mol. The summed E-state index contributed by atoms with van der Waals surface area (Å²) in [5.41, 5.74) is 5.46. The van der Waals surface area contributed by atoms with Crippen molar-refractivity contribution in [3.8, 4) is 5.75 Å². The third kappa shape index (κ3) is 5.02. The first-order chi connectivity index (χ1) is 15.6. The maximum atomic E-state index is 13.2. The summed E-state index contributed by atoms with van der Waals surface area (Å²) in [5, 5.41) is 6.52. The Bertz CT molecular complexity index is 1200. The highest BCUT2D eigenvalue weighted by Gasteiger charge is 2.31. The minimum absolute atomic E-state index is 0.0227. The molecule has 2 heterocycles. The van der Waals surface area contributed by atoms with Gasteiger partial charge in [-0.05, 0) is 36.8 Å². The van der Waals surface area contributed by atoms with E-state index in [9.17, 15) is 18.0 Å². The standard InChI is InChI=1S/C22H23F3N6O2/c1-12(32)27-15-5-6-31(11-15)20-18-4-3-17(33-2)10-19(18)29-21(30-20)28-16-8-13(22(23,24)25)7-14(26)9-16/h3-4,7-10,15H,5-6,11,26H2,1-2H3,(H,27,32)(H,28,29,30). The lowest BCUT2D eigenvalue weighted by atomic mass is 10.1. The third-order valence-corrected chi connectivity index (χ3v) is 5.32.